The van der Waals surface area contributed by atoms with Crippen LogP contribution in [0.25, 0.3) is 0 Å². The summed E-state index contributed by atoms with van der Waals surface area (Å²) in [5.41, 5.74) is 6.87. The van der Waals surface area contributed by atoms with Gasteiger partial charge in [0.1, 0.15) is 0 Å². The van der Waals surface area contributed by atoms with E-state index < -0.39 is 0 Å². The van der Waals surface area contributed by atoms with E-state index in [-0.39, 0.29) is 0 Å². The summed E-state index contributed by atoms with van der Waals surface area (Å²) in [6, 6.07) is 2.68. The molecule has 2 atom stereocenters. The molecular formula is C10H18N4. The number of H-pyrrole nitrogens is 1. The summed E-state index contributed by atoms with van der Waals surface area (Å²) in [4.78, 5) is 2.46. The van der Waals surface area contributed by atoms with E-state index in [4.69, 9.17) is 5.73 Å². The Balaban J connectivity index is 1.93. The number of rotatable bonds is 3. The fourth-order valence-corrected chi connectivity index (χ4v) is 2.20. The van der Waals surface area contributed by atoms with Crippen LogP contribution < -0.4 is 5.73 Å². The third kappa shape index (κ3) is 1.96. The highest BCUT2D eigenvalue weighted by Gasteiger charge is 2.27. The maximum absolute atomic E-state index is 5.68. The number of aromatic nitrogens is 2. The zero-order valence-electron chi connectivity index (χ0n) is 8.61. The van der Waals surface area contributed by atoms with Gasteiger partial charge in [0, 0.05) is 31.0 Å². The SMILES string of the molecule is CC1CC(CN)CN1Cc1ccn[nH]1. The zero-order chi connectivity index (χ0) is 9.97. The molecule has 2 rings (SSSR count). The summed E-state index contributed by atoms with van der Waals surface area (Å²) in [6.07, 6.45) is 3.03. The molecule has 0 radical (unpaired) electrons. The van der Waals surface area contributed by atoms with Crippen molar-refractivity contribution in [3.05, 3.63) is 18.0 Å². The van der Waals surface area contributed by atoms with Crippen molar-refractivity contribution in [1.82, 2.24) is 15.1 Å². The van der Waals surface area contributed by atoms with E-state index >= 15 is 0 Å². The van der Waals surface area contributed by atoms with Crippen LogP contribution in [0.2, 0.25) is 0 Å². The van der Waals surface area contributed by atoms with Crippen molar-refractivity contribution >= 4 is 0 Å². The van der Waals surface area contributed by atoms with Crippen LogP contribution in [0.15, 0.2) is 12.3 Å². The first kappa shape index (κ1) is 9.68. The van der Waals surface area contributed by atoms with E-state index in [1.807, 2.05) is 6.07 Å². The minimum absolute atomic E-state index is 0.645. The Labute approximate surface area is 84.5 Å². The Hall–Kier alpha value is -0.870. The normalized spacial score (nSPS) is 28.4. The first-order chi connectivity index (χ1) is 6.79. The second kappa shape index (κ2) is 4.11. The Bertz CT molecular complexity index is 270. The largest absolute Gasteiger partial charge is 0.330 e. The van der Waals surface area contributed by atoms with Gasteiger partial charge in [0.2, 0.25) is 0 Å². The minimum atomic E-state index is 0.645. The van der Waals surface area contributed by atoms with Gasteiger partial charge in [-0.15, -0.1) is 0 Å². The molecule has 1 saturated heterocycles. The summed E-state index contributed by atoms with van der Waals surface area (Å²) < 4.78 is 0. The van der Waals surface area contributed by atoms with Gasteiger partial charge in [0.05, 0.1) is 0 Å². The molecule has 1 aliphatic rings. The highest BCUT2D eigenvalue weighted by Crippen LogP contribution is 2.23. The number of nitrogens with zero attached hydrogens (tertiary/aromatic N) is 2. The monoisotopic (exact) mass is 194 g/mol. The molecule has 1 aliphatic heterocycles. The highest BCUT2D eigenvalue weighted by molar-refractivity contribution is 4.99. The van der Waals surface area contributed by atoms with E-state index in [9.17, 15) is 0 Å². The van der Waals surface area contributed by atoms with Gasteiger partial charge in [-0.2, -0.15) is 5.10 Å². The maximum atomic E-state index is 5.68. The Morgan fingerprint density at radius 2 is 2.57 bits per heavy atom. The quantitative estimate of drug-likeness (QED) is 0.740. The second-order valence-electron chi connectivity index (χ2n) is 4.20. The molecule has 1 aromatic rings. The number of hydrogen-bond donors (Lipinski definition) is 2. The van der Waals surface area contributed by atoms with Crippen molar-refractivity contribution in [2.75, 3.05) is 13.1 Å². The predicted molar refractivity (Wildman–Crippen MR) is 55.6 cm³/mol. The van der Waals surface area contributed by atoms with Gasteiger partial charge >= 0.3 is 0 Å². The number of likely N-dealkylation sites (tertiary alicyclic amines) is 1. The molecule has 4 nitrogen and oxygen atoms in total. The van der Waals surface area contributed by atoms with Crippen LogP contribution in [0, 0.1) is 5.92 Å². The molecule has 1 aromatic heterocycles. The first-order valence-corrected chi connectivity index (χ1v) is 5.22. The van der Waals surface area contributed by atoms with Gasteiger partial charge in [0.15, 0.2) is 0 Å². The third-order valence-corrected chi connectivity index (χ3v) is 3.06. The Morgan fingerprint density at radius 1 is 1.71 bits per heavy atom. The highest BCUT2D eigenvalue weighted by atomic mass is 15.2. The molecule has 0 bridgehead atoms. The van der Waals surface area contributed by atoms with Crippen molar-refractivity contribution in [3.8, 4) is 0 Å². The predicted octanol–water partition coefficient (Wildman–Crippen LogP) is 0.579. The van der Waals surface area contributed by atoms with E-state index in [1.54, 1.807) is 6.20 Å². The van der Waals surface area contributed by atoms with E-state index in [2.05, 4.69) is 22.0 Å². The molecule has 3 N–H and O–H groups in total. The lowest BCUT2D eigenvalue weighted by molar-refractivity contribution is 0.253. The molecule has 0 saturated carbocycles. The van der Waals surface area contributed by atoms with Gasteiger partial charge in [-0.3, -0.25) is 10.00 Å². The molecule has 0 amide bonds. The Morgan fingerprint density at radius 3 is 3.14 bits per heavy atom. The standard InChI is InChI=1S/C10H18N4/c1-8-4-9(5-11)6-14(8)7-10-2-3-12-13-10/h2-3,8-9H,4-7,11H2,1H3,(H,12,13). The number of aromatic amines is 1. The molecule has 78 valence electrons. The van der Waals surface area contributed by atoms with Gasteiger partial charge in [-0.05, 0) is 31.9 Å². The van der Waals surface area contributed by atoms with Crippen molar-refractivity contribution in [2.24, 2.45) is 11.7 Å². The minimum Gasteiger partial charge on any atom is -0.330 e. The van der Waals surface area contributed by atoms with Crippen LogP contribution in [0.5, 0.6) is 0 Å². The van der Waals surface area contributed by atoms with Gasteiger partial charge in [-0.1, -0.05) is 0 Å². The van der Waals surface area contributed by atoms with Crippen molar-refractivity contribution in [2.45, 2.75) is 25.9 Å². The fraction of sp³-hybridized carbons (Fsp3) is 0.700. The van der Waals surface area contributed by atoms with Crippen LogP contribution in [0.4, 0.5) is 0 Å². The topological polar surface area (TPSA) is 57.9 Å². The number of nitrogens with one attached hydrogen (secondary N) is 1. The summed E-state index contributed by atoms with van der Waals surface area (Å²) >= 11 is 0. The van der Waals surface area contributed by atoms with E-state index in [0.29, 0.717) is 12.0 Å². The summed E-state index contributed by atoms with van der Waals surface area (Å²) in [5, 5.41) is 6.95. The lowest BCUT2D eigenvalue weighted by Gasteiger charge is -2.19. The van der Waals surface area contributed by atoms with Crippen molar-refractivity contribution in [3.63, 3.8) is 0 Å². The molecule has 0 spiro atoms. The molecule has 2 heterocycles. The lowest BCUT2D eigenvalue weighted by Crippen LogP contribution is -2.27. The average molecular weight is 194 g/mol. The smallest absolute Gasteiger partial charge is 0.0492 e. The van der Waals surface area contributed by atoms with Crippen molar-refractivity contribution in [1.29, 1.82) is 0 Å². The molecule has 0 aliphatic carbocycles. The van der Waals surface area contributed by atoms with E-state index in [0.717, 1.165) is 19.6 Å². The summed E-state index contributed by atoms with van der Waals surface area (Å²) in [6.45, 7) is 5.17. The molecule has 2 unspecified atom stereocenters. The molecule has 1 fully saturated rings. The molecule has 4 heteroatoms. The first-order valence-electron chi connectivity index (χ1n) is 5.22. The summed E-state index contributed by atoms with van der Waals surface area (Å²) in [5.74, 6) is 0.674. The Kier molecular flexibility index (Phi) is 2.84. The van der Waals surface area contributed by atoms with Crippen molar-refractivity contribution < 1.29 is 0 Å². The fourth-order valence-electron chi connectivity index (χ4n) is 2.20. The van der Waals surface area contributed by atoms with Crippen LogP contribution in [-0.2, 0) is 6.54 Å². The van der Waals surface area contributed by atoms with Crippen LogP contribution in [0.1, 0.15) is 19.0 Å². The van der Waals surface area contributed by atoms with Gasteiger partial charge in [-0.25, -0.2) is 0 Å². The second-order valence-corrected chi connectivity index (χ2v) is 4.20. The number of nitrogens with two attached hydrogens (primary N) is 1. The third-order valence-electron chi connectivity index (χ3n) is 3.06. The average Bonchev–Trinajstić information content (AvgIpc) is 2.78. The molecule has 14 heavy (non-hydrogen) atoms. The van der Waals surface area contributed by atoms with Gasteiger partial charge < -0.3 is 5.73 Å². The van der Waals surface area contributed by atoms with Crippen LogP contribution in [0.3, 0.4) is 0 Å². The van der Waals surface area contributed by atoms with E-state index in [1.165, 1.54) is 12.1 Å². The number of hydrogen-bond acceptors (Lipinski definition) is 3. The molecular weight excluding hydrogens is 176 g/mol. The van der Waals surface area contributed by atoms with Crippen LogP contribution >= 0.6 is 0 Å². The van der Waals surface area contributed by atoms with Gasteiger partial charge in [0.25, 0.3) is 0 Å². The van der Waals surface area contributed by atoms with Crippen LogP contribution in [-0.4, -0.2) is 34.2 Å². The zero-order valence-corrected chi connectivity index (χ0v) is 8.61. The maximum Gasteiger partial charge on any atom is 0.0492 e. The molecule has 0 aromatic carbocycles. The lowest BCUT2D eigenvalue weighted by atomic mass is 10.1. The summed E-state index contributed by atoms with van der Waals surface area (Å²) in [7, 11) is 0.